The van der Waals surface area contributed by atoms with Crippen molar-refractivity contribution >= 4 is 28.3 Å². The first-order valence-corrected chi connectivity index (χ1v) is 8.29. The smallest absolute Gasteiger partial charge is 0.277 e. The molecule has 3 heterocycles. The van der Waals surface area contributed by atoms with Gasteiger partial charge in [-0.1, -0.05) is 0 Å². The number of rotatable bonds is 5. The van der Waals surface area contributed by atoms with E-state index in [2.05, 4.69) is 25.5 Å². The van der Waals surface area contributed by atoms with Crippen LogP contribution in [-0.4, -0.2) is 32.0 Å². The summed E-state index contributed by atoms with van der Waals surface area (Å²) in [6, 6.07) is 3.41. The Kier molecular flexibility index (Phi) is 3.42. The van der Waals surface area contributed by atoms with Crippen molar-refractivity contribution in [1.29, 1.82) is 0 Å². The number of nitrogens with one attached hydrogen (secondary N) is 3. The Morgan fingerprint density at radius 1 is 1.33 bits per heavy atom. The molecule has 0 atom stereocenters. The number of carbonyl (C=O) groups excluding carboxylic acids is 2. The molecule has 8 nitrogen and oxygen atoms in total. The van der Waals surface area contributed by atoms with Crippen molar-refractivity contribution in [3.8, 4) is 11.3 Å². The Bertz CT molecular complexity index is 920. The maximum atomic E-state index is 12.2. The molecule has 3 aromatic rings. The van der Waals surface area contributed by atoms with Gasteiger partial charge in [-0.15, -0.1) is 11.3 Å². The fraction of sp³-hybridized carbons (Fsp3) is 0.200. The molecular formula is C15H14N6O2S. The summed E-state index contributed by atoms with van der Waals surface area (Å²) in [5.41, 5.74) is 8.27. The molecule has 1 aliphatic carbocycles. The topological polar surface area (TPSA) is 130 Å². The third-order valence-electron chi connectivity index (χ3n) is 3.82. The Balaban J connectivity index is 1.47. The lowest BCUT2D eigenvalue weighted by atomic mass is 10.2. The van der Waals surface area contributed by atoms with Crippen LogP contribution in [0.1, 0.15) is 45.4 Å². The lowest BCUT2D eigenvalue weighted by Gasteiger charge is -1.96. The number of thiazole rings is 1. The highest BCUT2D eigenvalue weighted by Gasteiger charge is 2.26. The fourth-order valence-electron chi connectivity index (χ4n) is 2.37. The normalized spacial score (nSPS) is 13.8. The SMILES string of the molecule is NC(=O)c1cc(-c2csc(NC(=O)c3cc(C4CC4)[nH]n3)n2)c[nH]1. The summed E-state index contributed by atoms with van der Waals surface area (Å²) < 4.78 is 0. The molecule has 2 amide bonds. The molecule has 0 aromatic carbocycles. The molecule has 9 heteroatoms. The minimum atomic E-state index is -0.532. The predicted octanol–water partition coefficient (Wildman–Crippen LogP) is 2.09. The molecule has 0 spiro atoms. The van der Waals surface area contributed by atoms with Crippen LogP contribution in [0, 0.1) is 0 Å². The molecule has 0 bridgehead atoms. The van der Waals surface area contributed by atoms with E-state index in [1.165, 1.54) is 11.3 Å². The Morgan fingerprint density at radius 3 is 2.88 bits per heavy atom. The zero-order chi connectivity index (χ0) is 16.7. The predicted molar refractivity (Wildman–Crippen MR) is 88.9 cm³/mol. The van der Waals surface area contributed by atoms with Gasteiger partial charge in [0.1, 0.15) is 5.69 Å². The minimum Gasteiger partial charge on any atom is -0.364 e. The first kappa shape index (κ1) is 14.6. The van der Waals surface area contributed by atoms with E-state index in [1.54, 1.807) is 23.7 Å². The van der Waals surface area contributed by atoms with E-state index in [9.17, 15) is 9.59 Å². The van der Waals surface area contributed by atoms with E-state index in [4.69, 9.17) is 5.73 Å². The summed E-state index contributed by atoms with van der Waals surface area (Å²) in [5, 5.41) is 11.9. The van der Waals surface area contributed by atoms with Crippen LogP contribution in [0.2, 0.25) is 0 Å². The van der Waals surface area contributed by atoms with Crippen LogP contribution in [0.3, 0.4) is 0 Å². The van der Waals surface area contributed by atoms with E-state index >= 15 is 0 Å². The number of nitrogens with zero attached hydrogens (tertiary/aromatic N) is 2. The van der Waals surface area contributed by atoms with Gasteiger partial charge in [0.05, 0.1) is 5.69 Å². The highest BCUT2D eigenvalue weighted by Crippen LogP contribution is 2.39. The molecule has 0 aliphatic heterocycles. The van der Waals surface area contributed by atoms with Gasteiger partial charge >= 0.3 is 0 Å². The number of nitrogens with two attached hydrogens (primary N) is 1. The van der Waals surface area contributed by atoms with Gasteiger partial charge in [-0.2, -0.15) is 5.10 Å². The Labute approximate surface area is 140 Å². The van der Waals surface area contributed by atoms with Crippen LogP contribution in [0.4, 0.5) is 5.13 Å². The minimum absolute atomic E-state index is 0.300. The molecule has 1 saturated carbocycles. The summed E-state index contributed by atoms with van der Waals surface area (Å²) in [4.78, 5) is 30.5. The number of anilines is 1. The number of amides is 2. The van der Waals surface area contributed by atoms with Gasteiger partial charge in [-0.3, -0.25) is 20.0 Å². The summed E-state index contributed by atoms with van der Waals surface area (Å²) in [6.07, 6.45) is 3.93. The molecule has 4 rings (SSSR count). The van der Waals surface area contributed by atoms with Gasteiger partial charge in [0.15, 0.2) is 10.8 Å². The van der Waals surface area contributed by atoms with Gasteiger partial charge in [-0.25, -0.2) is 4.98 Å². The van der Waals surface area contributed by atoms with Gasteiger partial charge in [0.25, 0.3) is 11.8 Å². The monoisotopic (exact) mass is 342 g/mol. The molecule has 0 saturated heterocycles. The second-order valence-electron chi connectivity index (χ2n) is 5.64. The summed E-state index contributed by atoms with van der Waals surface area (Å²) in [5.74, 6) is -0.320. The van der Waals surface area contributed by atoms with E-state index in [0.29, 0.717) is 28.1 Å². The van der Waals surface area contributed by atoms with Crippen LogP contribution in [0.25, 0.3) is 11.3 Å². The van der Waals surface area contributed by atoms with Crippen LogP contribution < -0.4 is 11.1 Å². The molecule has 1 aliphatic rings. The number of aromatic amines is 2. The van der Waals surface area contributed by atoms with Gasteiger partial charge in [0, 0.05) is 28.8 Å². The highest BCUT2D eigenvalue weighted by atomic mass is 32.1. The summed E-state index contributed by atoms with van der Waals surface area (Å²) >= 11 is 1.30. The van der Waals surface area contributed by atoms with E-state index in [0.717, 1.165) is 24.1 Å². The summed E-state index contributed by atoms with van der Waals surface area (Å²) in [7, 11) is 0. The second kappa shape index (κ2) is 5.60. The lowest BCUT2D eigenvalue weighted by Crippen LogP contribution is -2.12. The molecule has 0 unspecified atom stereocenters. The van der Waals surface area contributed by atoms with Crippen LogP contribution in [0.15, 0.2) is 23.7 Å². The maximum Gasteiger partial charge on any atom is 0.277 e. The maximum absolute atomic E-state index is 12.2. The lowest BCUT2D eigenvalue weighted by molar-refractivity contribution is 0.0993. The van der Waals surface area contributed by atoms with Gasteiger partial charge in [0.2, 0.25) is 0 Å². The zero-order valence-corrected chi connectivity index (χ0v) is 13.3. The average molecular weight is 342 g/mol. The Hall–Kier alpha value is -2.94. The van der Waals surface area contributed by atoms with Crippen molar-refractivity contribution in [3.05, 3.63) is 40.8 Å². The van der Waals surface area contributed by atoms with Crippen molar-refractivity contribution in [1.82, 2.24) is 20.2 Å². The van der Waals surface area contributed by atoms with Crippen molar-refractivity contribution in [2.24, 2.45) is 5.73 Å². The standard InChI is InChI=1S/C15H14N6O2S/c16-13(22)10-3-8(5-17-10)12-6-24-15(18-12)19-14(23)11-4-9(20-21-11)7-1-2-7/h3-7,17H,1-2H2,(H2,16,22)(H,20,21)(H,18,19,23). The second-order valence-corrected chi connectivity index (χ2v) is 6.50. The van der Waals surface area contributed by atoms with E-state index in [-0.39, 0.29) is 5.91 Å². The van der Waals surface area contributed by atoms with Crippen LogP contribution >= 0.6 is 11.3 Å². The van der Waals surface area contributed by atoms with Crippen molar-refractivity contribution < 1.29 is 9.59 Å². The fourth-order valence-corrected chi connectivity index (χ4v) is 3.08. The number of carbonyl (C=O) groups is 2. The van der Waals surface area contributed by atoms with Gasteiger partial charge in [-0.05, 0) is 25.0 Å². The molecule has 3 aromatic heterocycles. The summed E-state index contributed by atoms with van der Waals surface area (Å²) in [6.45, 7) is 0. The van der Waals surface area contributed by atoms with Crippen molar-refractivity contribution in [2.45, 2.75) is 18.8 Å². The average Bonchev–Trinajstić information content (AvgIpc) is 2.99. The third kappa shape index (κ3) is 2.81. The van der Waals surface area contributed by atoms with Crippen LogP contribution in [-0.2, 0) is 0 Å². The van der Waals surface area contributed by atoms with Crippen LogP contribution in [0.5, 0.6) is 0 Å². The van der Waals surface area contributed by atoms with Crippen molar-refractivity contribution in [3.63, 3.8) is 0 Å². The number of aromatic nitrogens is 4. The number of H-pyrrole nitrogens is 2. The van der Waals surface area contributed by atoms with Gasteiger partial charge < -0.3 is 10.7 Å². The first-order chi connectivity index (χ1) is 11.6. The molecule has 122 valence electrons. The molecule has 0 radical (unpaired) electrons. The highest BCUT2D eigenvalue weighted by molar-refractivity contribution is 7.14. The number of hydrogen-bond donors (Lipinski definition) is 4. The zero-order valence-electron chi connectivity index (χ0n) is 12.5. The third-order valence-corrected chi connectivity index (χ3v) is 4.57. The molecule has 5 N–H and O–H groups in total. The molecular weight excluding hydrogens is 328 g/mol. The number of hydrogen-bond acceptors (Lipinski definition) is 5. The van der Waals surface area contributed by atoms with E-state index < -0.39 is 5.91 Å². The Morgan fingerprint density at radius 2 is 2.17 bits per heavy atom. The number of primary amides is 1. The van der Waals surface area contributed by atoms with E-state index in [1.807, 2.05) is 0 Å². The van der Waals surface area contributed by atoms with Crippen molar-refractivity contribution in [2.75, 3.05) is 5.32 Å². The quantitative estimate of drug-likeness (QED) is 0.565. The molecule has 1 fully saturated rings. The largest absolute Gasteiger partial charge is 0.364 e. The first-order valence-electron chi connectivity index (χ1n) is 7.41. The molecule has 24 heavy (non-hydrogen) atoms.